The largest absolute Gasteiger partial charge is 0.505 e. The average molecular weight is 461 g/mol. The van der Waals surface area contributed by atoms with E-state index in [1.54, 1.807) is 0 Å². The first-order chi connectivity index (χ1) is 11.3. The lowest BCUT2D eigenvalue weighted by atomic mass is 9.94. The predicted octanol–water partition coefficient (Wildman–Crippen LogP) is 3.80. The Bertz CT molecular complexity index is 818. The molecule has 0 spiro atoms. The van der Waals surface area contributed by atoms with Gasteiger partial charge in [0.25, 0.3) is 0 Å². The Balaban J connectivity index is 2.79. The zero-order valence-corrected chi connectivity index (χ0v) is 16.5. The van der Waals surface area contributed by atoms with E-state index in [0.717, 1.165) is 0 Å². The van der Waals surface area contributed by atoms with Crippen molar-refractivity contribution in [3.63, 3.8) is 0 Å². The standard InChI is InChI=1S/C17H19Br2NO4/c1-3-11(18)15(22)9-7-10(16(23)12(19)4-2)17(24)14-8(9)5-6-13(21)20-14/h5-7,11-12,16,23-24H,3-4H2,1-2H3,(H,20,21). The molecule has 0 radical (unpaired) electrons. The van der Waals surface area contributed by atoms with Gasteiger partial charge in [-0.05, 0) is 25.0 Å². The monoisotopic (exact) mass is 459 g/mol. The SMILES string of the molecule is CCC(Br)C(=O)c1cc(C(O)C(Br)CC)c(O)c2[nH]c(=O)ccc12. The summed E-state index contributed by atoms with van der Waals surface area (Å²) in [6, 6.07) is 4.33. The summed E-state index contributed by atoms with van der Waals surface area (Å²) in [4.78, 5) is 26.2. The Morgan fingerprint density at radius 1 is 1.25 bits per heavy atom. The van der Waals surface area contributed by atoms with Gasteiger partial charge in [0.1, 0.15) is 5.75 Å². The number of pyridine rings is 1. The average Bonchev–Trinajstić information content (AvgIpc) is 2.59. The lowest BCUT2D eigenvalue weighted by molar-refractivity contribution is 0.0991. The lowest BCUT2D eigenvalue weighted by Gasteiger charge is -2.20. The number of phenols is 1. The van der Waals surface area contributed by atoms with E-state index in [4.69, 9.17) is 0 Å². The van der Waals surface area contributed by atoms with Crippen LogP contribution in [0.3, 0.4) is 0 Å². The van der Waals surface area contributed by atoms with E-state index in [1.807, 2.05) is 13.8 Å². The van der Waals surface area contributed by atoms with Gasteiger partial charge >= 0.3 is 0 Å². The fourth-order valence-electron chi connectivity index (χ4n) is 2.53. The van der Waals surface area contributed by atoms with Crippen LogP contribution in [0.25, 0.3) is 10.9 Å². The molecule has 3 unspecified atom stereocenters. The molecule has 0 fully saturated rings. The highest BCUT2D eigenvalue weighted by Gasteiger charge is 2.26. The maximum absolute atomic E-state index is 12.7. The molecule has 3 atom stereocenters. The lowest BCUT2D eigenvalue weighted by Crippen LogP contribution is -2.17. The van der Waals surface area contributed by atoms with Crippen LogP contribution in [0.15, 0.2) is 23.0 Å². The first kappa shape index (κ1) is 19.1. The number of phenolic OH excluding ortho intramolecular Hbond substituents is 1. The molecule has 0 aliphatic heterocycles. The van der Waals surface area contributed by atoms with E-state index in [0.29, 0.717) is 23.8 Å². The zero-order chi connectivity index (χ0) is 18.0. The molecule has 3 N–H and O–H groups in total. The predicted molar refractivity (Wildman–Crippen MR) is 102 cm³/mol. The summed E-state index contributed by atoms with van der Waals surface area (Å²) in [5, 5.41) is 21.4. The van der Waals surface area contributed by atoms with E-state index in [-0.39, 0.29) is 37.8 Å². The molecule has 1 aromatic carbocycles. The van der Waals surface area contributed by atoms with Gasteiger partial charge in [-0.15, -0.1) is 0 Å². The van der Waals surface area contributed by atoms with E-state index >= 15 is 0 Å². The highest BCUT2D eigenvalue weighted by molar-refractivity contribution is 9.10. The number of Topliss-reactive ketones (excluding diaryl/α,β-unsaturated/α-hetero) is 1. The van der Waals surface area contributed by atoms with E-state index < -0.39 is 6.10 Å². The van der Waals surface area contributed by atoms with Crippen LogP contribution in [0.5, 0.6) is 5.75 Å². The zero-order valence-electron chi connectivity index (χ0n) is 13.3. The van der Waals surface area contributed by atoms with Gasteiger partial charge < -0.3 is 15.2 Å². The van der Waals surface area contributed by atoms with Crippen molar-refractivity contribution in [3.8, 4) is 5.75 Å². The summed E-state index contributed by atoms with van der Waals surface area (Å²) in [5.74, 6) is -0.377. The summed E-state index contributed by atoms with van der Waals surface area (Å²) in [6.07, 6.45) is 0.215. The van der Waals surface area contributed by atoms with Crippen molar-refractivity contribution in [2.45, 2.75) is 42.4 Å². The number of aromatic nitrogens is 1. The second-order valence-corrected chi connectivity index (χ2v) is 7.86. The highest BCUT2D eigenvalue weighted by atomic mass is 79.9. The summed E-state index contributed by atoms with van der Waals surface area (Å²) in [6.45, 7) is 3.77. The third-order valence-corrected chi connectivity index (χ3v) is 6.19. The smallest absolute Gasteiger partial charge is 0.248 e. The molecule has 5 nitrogen and oxygen atoms in total. The molecule has 24 heavy (non-hydrogen) atoms. The van der Waals surface area contributed by atoms with Crippen LogP contribution in [-0.2, 0) is 0 Å². The van der Waals surface area contributed by atoms with Gasteiger partial charge in [-0.1, -0.05) is 45.7 Å². The number of H-pyrrole nitrogens is 1. The van der Waals surface area contributed by atoms with Gasteiger partial charge in [-0.3, -0.25) is 9.59 Å². The second kappa shape index (κ2) is 7.80. The van der Waals surface area contributed by atoms with Crippen molar-refractivity contribution >= 4 is 48.5 Å². The molecule has 0 aliphatic carbocycles. The molecule has 0 bridgehead atoms. The van der Waals surface area contributed by atoms with Gasteiger partial charge in [0.15, 0.2) is 5.78 Å². The number of aromatic hydroxyl groups is 1. The van der Waals surface area contributed by atoms with Crippen molar-refractivity contribution in [3.05, 3.63) is 39.7 Å². The number of carbonyl (C=O) groups is 1. The topological polar surface area (TPSA) is 90.4 Å². The molecule has 0 aliphatic rings. The number of rotatable bonds is 6. The number of aliphatic hydroxyl groups is 1. The second-order valence-electron chi connectivity index (χ2n) is 5.58. The number of aromatic amines is 1. The maximum atomic E-state index is 12.7. The summed E-state index contributed by atoms with van der Waals surface area (Å²) in [5.41, 5.74) is 0.341. The first-order valence-corrected chi connectivity index (χ1v) is 9.54. The summed E-state index contributed by atoms with van der Waals surface area (Å²) < 4.78 is 0. The summed E-state index contributed by atoms with van der Waals surface area (Å²) in [7, 11) is 0. The van der Waals surface area contributed by atoms with E-state index in [2.05, 4.69) is 36.8 Å². The number of carbonyl (C=O) groups excluding carboxylic acids is 1. The van der Waals surface area contributed by atoms with Crippen LogP contribution in [0.1, 0.15) is 48.7 Å². The Kier molecular flexibility index (Phi) is 6.22. The number of hydrogen-bond acceptors (Lipinski definition) is 4. The number of ketones is 1. The summed E-state index contributed by atoms with van der Waals surface area (Å²) >= 11 is 6.71. The maximum Gasteiger partial charge on any atom is 0.248 e. The van der Waals surface area contributed by atoms with Gasteiger partial charge in [0, 0.05) is 27.4 Å². The van der Waals surface area contributed by atoms with Crippen LogP contribution in [0.2, 0.25) is 0 Å². The van der Waals surface area contributed by atoms with Crippen molar-refractivity contribution < 1.29 is 15.0 Å². The van der Waals surface area contributed by atoms with Crippen molar-refractivity contribution in [1.82, 2.24) is 4.98 Å². The highest BCUT2D eigenvalue weighted by Crippen LogP contribution is 2.37. The quantitative estimate of drug-likeness (QED) is 0.451. The number of nitrogens with one attached hydrogen (secondary N) is 1. The van der Waals surface area contributed by atoms with Crippen molar-refractivity contribution in [2.75, 3.05) is 0 Å². The minimum atomic E-state index is -1.01. The Hall–Kier alpha value is -1.18. The molecule has 0 saturated carbocycles. The minimum Gasteiger partial charge on any atom is -0.505 e. The van der Waals surface area contributed by atoms with Crippen molar-refractivity contribution in [1.29, 1.82) is 0 Å². The van der Waals surface area contributed by atoms with Gasteiger partial charge in [-0.25, -0.2) is 0 Å². The fourth-order valence-corrected chi connectivity index (χ4v) is 3.06. The number of alkyl halides is 2. The molecule has 2 aromatic rings. The molecule has 2 rings (SSSR count). The van der Waals surface area contributed by atoms with Gasteiger partial charge in [0.2, 0.25) is 5.56 Å². The number of aliphatic hydroxyl groups excluding tert-OH is 1. The van der Waals surface area contributed by atoms with Gasteiger partial charge in [0.05, 0.1) is 16.4 Å². The Labute approximate surface area is 156 Å². The molecular formula is C17H19Br2NO4. The molecule has 0 amide bonds. The van der Waals surface area contributed by atoms with Crippen LogP contribution < -0.4 is 5.56 Å². The van der Waals surface area contributed by atoms with Crippen LogP contribution in [0, 0.1) is 0 Å². The molecule has 1 aromatic heterocycles. The van der Waals surface area contributed by atoms with Crippen LogP contribution >= 0.6 is 31.9 Å². The molecular weight excluding hydrogens is 442 g/mol. The number of halogens is 2. The molecule has 1 heterocycles. The number of fused-ring (bicyclic) bond motifs is 1. The van der Waals surface area contributed by atoms with Crippen LogP contribution in [-0.4, -0.2) is 30.6 Å². The molecule has 7 heteroatoms. The number of benzene rings is 1. The fraction of sp³-hybridized carbons (Fsp3) is 0.412. The van der Waals surface area contributed by atoms with Gasteiger partial charge in [-0.2, -0.15) is 0 Å². The van der Waals surface area contributed by atoms with E-state index in [1.165, 1.54) is 18.2 Å². The van der Waals surface area contributed by atoms with Crippen molar-refractivity contribution in [2.24, 2.45) is 0 Å². The minimum absolute atomic E-state index is 0.161. The van der Waals surface area contributed by atoms with E-state index in [9.17, 15) is 19.8 Å². The normalized spacial score (nSPS) is 15.2. The van der Waals surface area contributed by atoms with Crippen LogP contribution in [0.4, 0.5) is 0 Å². The number of hydrogen-bond donors (Lipinski definition) is 3. The third kappa shape index (κ3) is 3.58. The first-order valence-electron chi connectivity index (χ1n) is 7.71. The molecule has 0 saturated heterocycles. The third-order valence-electron chi connectivity index (χ3n) is 3.98. The Morgan fingerprint density at radius 3 is 2.50 bits per heavy atom. The molecule has 130 valence electrons. The Morgan fingerprint density at radius 2 is 1.92 bits per heavy atom.